The van der Waals surface area contributed by atoms with E-state index in [0.29, 0.717) is 16.9 Å². The fraction of sp³-hybridized carbons (Fsp3) is 0.556. The first-order chi connectivity index (χ1) is 10.5. The largest absolute Gasteiger partial charge is 0.381 e. The number of methoxy groups -OCH3 is 1. The third-order valence-electron chi connectivity index (χ3n) is 6.34. The topological polar surface area (TPSA) is 9.23 Å². The number of benzene rings is 1. The Morgan fingerprint density at radius 1 is 1.27 bits per heavy atom. The van der Waals surface area contributed by atoms with E-state index in [1.807, 2.05) is 7.11 Å². The lowest BCUT2D eigenvalue weighted by Crippen LogP contribution is -2.39. The first kappa shape index (κ1) is 15.1. The van der Waals surface area contributed by atoms with Crippen LogP contribution in [0.2, 0.25) is 0 Å². The summed E-state index contributed by atoms with van der Waals surface area (Å²) < 4.78 is 7.04. The van der Waals surface area contributed by atoms with E-state index in [-0.39, 0.29) is 0 Å². The first-order valence-electron chi connectivity index (χ1n) is 8.49. The van der Waals surface area contributed by atoms with Gasteiger partial charge in [0.15, 0.2) is 0 Å². The molecule has 4 heteroatoms. The Labute approximate surface area is 143 Å². The van der Waals surface area contributed by atoms with E-state index in [1.54, 1.807) is 11.1 Å². The molecule has 0 aliphatic heterocycles. The van der Waals surface area contributed by atoms with Crippen molar-refractivity contribution in [3.8, 4) is 0 Å². The number of hydrogen-bond donors (Lipinski definition) is 0. The van der Waals surface area contributed by atoms with Crippen molar-refractivity contribution >= 4 is 37.2 Å². The summed E-state index contributed by atoms with van der Waals surface area (Å²) in [4.78, 5) is 0. The molecule has 0 heterocycles. The lowest BCUT2D eigenvalue weighted by Gasteiger charge is -2.44. The Hall–Kier alpha value is -0.470. The zero-order valence-electron chi connectivity index (χ0n) is 13.8. The standard InChI is InChI=1S/C18H23B2BrO/c1-22-14-4-5-18(10-17(14)6-7-17)9-11-2-3-12(21)8-13(11)15(18)16(19)20/h2-3,8,14H,4-7,9-10,19-20H2,1H3/t14-,18+/m0/s1. The van der Waals surface area contributed by atoms with Gasteiger partial charge >= 0.3 is 0 Å². The predicted molar refractivity (Wildman–Crippen MR) is 101 cm³/mol. The van der Waals surface area contributed by atoms with Gasteiger partial charge in [-0.3, -0.25) is 0 Å². The molecule has 0 unspecified atom stereocenters. The van der Waals surface area contributed by atoms with Gasteiger partial charge in [0.05, 0.1) is 6.10 Å². The molecule has 1 nitrogen and oxygen atoms in total. The third-order valence-corrected chi connectivity index (χ3v) is 6.83. The lowest BCUT2D eigenvalue weighted by molar-refractivity contribution is -0.0182. The molecule has 0 aromatic heterocycles. The molecule has 0 saturated heterocycles. The fourth-order valence-electron chi connectivity index (χ4n) is 5.46. The van der Waals surface area contributed by atoms with Crippen LogP contribution in [0.5, 0.6) is 0 Å². The Balaban J connectivity index is 1.79. The van der Waals surface area contributed by atoms with Crippen molar-refractivity contribution in [3.63, 3.8) is 0 Å². The maximum absolute atomic E-state index is 5.84. The molecule has 2 atom stereocenters. The molecular weight excluding hydrogens is 334 g/mol. The van der Waals surface area contributed by atoms with Crippen LogP contribution in [0, 0.1) is 10.8 Å². The van der Waals surface area contributed by atoms with Crippen molar-refractivity contribution in [3.05, 3.63) is 39.2 Å². The summed E-state index contributed by atoms with van der Waals surface area (Å²) in [5.74, 6) is 0. The minimum Gasteiger partial charge on any atom is -0.381 e. The minimum absolute atomic E-state index is 0.369. The number of hydrogen-bond acceptors (Lipinski definition) is 1. The first-order valence-corrected chi connectivity index (χ1v) is 9.29. The van der Waals surface area contributed by atoms with Crippen LogP contribution in [-0.4, -0.2) is 28.9 Å². The Morgan fingerprint density at radius 2 is 2.05 bits per heavy atom. The molecule has 0 amide bonds. The quantitative estimate of drug-likeness (QED) is 0.703. The second kappa shape index (κ2) is 5.01. The van der Waals surface area contributed by atoms with Crippen molar-refractivity contribution in [2.45, 2.75) is 44.6 Å². The summed E-state index contributed by atoms with van der Waals surface area (Å²) >= 11 is 3.67. The molecule has 114 valence electrons. The van der Waals surface area contributed by atoms with Gasteiger partial charge in [-0.2, -0.15) is 0 Å². The van der Waals surface area contributed by atoms with E-state index < -0.39 is 0 Å². The van der Waals surface area contributed by atoms with Crippen molar-refractivity contribution in [2.75, 3.05) is 7.11 Å². The van der Waals surface area contributed by atoms with E-state index >= 15 is 0 Å². The van der Waals surface area contributed by atoms with Gasteiger partial charge < -0.3 is 4.74 Å². The van der Waals surface area contributed by atoms with Crippen LogP contribution in [0.15, 0.2) is 28.0 Å². The maximum atomic E-state index is 5.84. The van der Waals surface area contributed by atoms with Crippen molar-refractivity contribution in [1.82, 2.24) is 0 Å². The Morgan fingerprint density at radius 3 is 2.68 bits per heavy atom. The Kier molecular flexibility index (Phi) is 3.44. The van der Waals surface area contributed by atoms with Crippen LogP contribution < -0.4 is 0 Å². The summed E-state index contributed by atoms with van der Waals surface area (Å²) in [5, 5.41) is 1.50. The summed E-state index contributed by atoms with van der Waals surface area (Å²) in [7, 11) is 6.51. The molecule has 2 fully saturated rings. The van der Waals surface area contributed by atoms with Gasteiger partial charge in [0.1, 0.15) is 15.7 Å². The number of ether oxygens (including phenoxy) is 1. The molecule has 22 heavy (non-hydrogen) atoms. The SMILES string of the molecule is BC(B)=C1c2cc(Br)ccc2C[C@@]12CC[C@H](OC)C1(CC1)C2. The normalized spacial score (nSPS) is 31.5. The second-order valence-corrected chi connectivity index (χ2v) is 8.85. The van der Waals surface area contributed by atoms with E-state index in [9.17, 15) is 0 Å². The van der Waals surface area contributed by atoms with Crippen LogP contribution in [0.3, 0.4) is 0 Å². The highest BCUT2D eigenvalue weighted by Gasteiger charge is 2.59. The van der Waals surface area contributed by atoms with Crippen LogP contribution >= 0.6 is 15.9 Å². The average molecular weight is 357 g/mol. The molecule has 0 bridgehead atoms. The zero-order valence-corrected chi connectivity index (χ0v) is 15.4. The zero-order chi connectivity index (χ0) is 15.5. The molecule has 1 aromatic carbocycles. The summed E-state index contributed by atoms with van der Waals surface area (Å²) in [6, 6.07) is 6.88. The smallest absolute Gasteiger partial charge is 0.122 e. The van der Waals surface area contributed by atoms with Gasteiger partial charge in [-0.25, -0.2) is 0 Å². The highest BCUT2D eigenvalue weighted by molar-refractivity contribution is 9.10. The lowest BCUT2D eigenvalue weighted by atomic mass is 9.58. The highest BCUT2D eigenvalue weighted by Crippen LogP contribution is 2.67. The van der Waals surface area contributed by atoms with Gasteiger partial charge in [0.2, 0.25) is 0 Å². The van der Waals surface area contributed by atoms with E-state index in [0.717, 1.165) is 0 Å². The molecule has 4 rings (SSSR count). The van der Waals surface area contributed by atoms with Crippen LogP contribution in [-0.2, 0) is 11.2 Å². The maximum Gasteiger partial charge on any atom is 0.122 e. The summed E-state index contributed by atoms with van der Waals surface area (Å²) in [5.41, 5.74) is 5.54. The van der Waals surface area contributed by atoms with Crippen LogP contribution in [0.1, 0.15) is 43.2 Å². The highest BCUT2D eigenvalue weighted by atomic mass is 79.9. The average Bonchev–Trinajstić information content (AvgIpc) is 3.14. The van der Waals surface area contributed by atoms with Crippen molar-refractivity contribution in [1.29, 1.82) is 0 Å². The molecule has 0 N–H and O–H groups in total. The molecule has 0 radical (unpaired) electrons. The molecule has 3 aliphatic carbocycles. The molecular formula is C18H23B2BrO. The predicted octanol–water partition coefficient (Wildman–Crippen LogP) is 2.91. The second-order valence-electron chi connectivity index (χ2n) is 7.94. The Bertz CT molecular complexity index is 661. The molecule has 1 aromatic rings. The third kappa shape index (κ3) is 2.10. The number of fused-ring (bicyclic) bond motifs is 1. The van der Waals surface area contributed by atoms with Gasteiger partial charge in [-0.15, -0.1) is 5.37 Å². The number of rotatable bonds is 1. The molecule has 3 aliphatic rings. The van der Waals surface area contributed by atoms with Crippen LogP contribution in [0.25, 0.3) is 5.57 Å². The summed E-state index contributed by atoms with van der Waals surface area (Å²) in [6.07, 6.45) is 8.28. The van der Waals surface area contributed by atoms with Crippen molar-refractivity contribution < 1.29 is 4.74 Å². The molecule has 2 saturated carbocycles. The number of halogens is 1. The van der Waals surface area contributed by atoms with Gasteiger partial charge in [0, 0.05) is 11.6 Å². The van der Waals surface area contributed by atoms with E-state index in [1.165, 1.54) is 53.9 Å². The van der Waals surface area contributed by atoms with Crippen molar-refractivity contribution in [2.24, 2.45) is 10.8 Å². The fourth-order valence-corrected chi connectivity index (χ4v) is 5.82. The van der Waals surface area contributed by atoms with Gasteiger partial charge in [-0.05, 0) is 72.6 Å². The van der Waals surface area contributed by atoms with Gasteiger partial charge in [-0.1, -0.05) is 27.6 Å². The number of allylic oxidation sites excluding steroid dienone is 1. The minimum atomic E-state index is 0.369. The van der Waals surface area contributed by atoms with E-state index in [4.69, 9.17) is 4.74 Å². The monoisotopic (exact) mass is 356 g/mol. The molecule has 2 spiro atoms. The summed E-state index contributed by atoms with van der Waals surface area (Å²) in [6.45, 7) is 0. The van der Waals surface area contributed by atoms with Crippen LogP contribution in [0.4, 0.5) is 0 Å². The van der Waals surface area contributed by atoms with E-state index in [2.05, 4.69) is 49.8 Å². The van der Waals surface area contributed by atoms with Gasteiger partial charge in [0.25, 0.3) is 0 Å².